The second kappa shape index (κ2) is 7.73. The van der Waals surface area contributed by atoms with Gasteiger partial charge in [-0.15, -0.1) is 0 Å². The molecular formula is C21H22O3. The van der Waals surface area contributed by atoms with Gasteiger partial charge in [-0.2, -0.15) is 0 Å². The lowest BCUT2D eigenvalue weighted by atomic mass is 9.93. The maximum absolute atomic E-state index is 12.2. The molecule has 0 heterocycles. The van der Waals surface area contributed by atoms with Gasteiger partial charge in [0.1, 0.15) is 5.75 Å². The first kappa shape index (κ1) is 17.7. The first-order valence-corrected chi connectivity index (χ1v) is 8.07. The average molecular weight is 322 g/mol. The standard InChI is InChI=1S/C21H22O3/c1-4-15(3)19-12-16(11-18(13-22)21(19)24)7-10-20(23)17-8-5-14(2)6-9-17/h5-13,15,24H,4H2,1-3H3/b10-7+. The molecule has 2 aromatic rings. The second-order valence-corrected chi connectivity index (χ2v) is 6.04. The summed E-state index contributed by atoms with van der Waals surface area (Å²) < 4.78 is 0. The molecule has 2 aromatic carbocycles. The minimum Gasteiger partial charge on any atom is -0.507 e. The number of aldehydes is 1. The van der Waals surface area contributed by atoms with Gasteiger partial charge in [-0.25, -0.2) is 0 Å². The van der Waals surface area contributed by atoms with Crippen LogP contribution < -0.4 is 0 Å². The molecule has 0 saturated carbocycles. The topological polar surface area (TPSA) is 54.4 Å². The molecule has 3 nitrogen and oxygen atoms in total. The van der Waals surface area contributed by atoms with Gasteiger partial charge in [0.15, 0.2) is 12.1 Å². The molecule has 1 unspecified atom stereocenters. The van der Waals surface area contributed by atoms with Gasteiger partial charge in [0.25, 0.3) is 0 Å². The molecule has 0 fully saturated rings. The molecule has 0 spiro atoms. The van der Waals surface area contributed by atoms with Crippen molar-refractivity contribution in [2.75, 3.05) is 0 Å². The summed E-state index contributed by atoms with van der Waals surface area (Å²) in [5, 5.41) is 10.2. The zero-order chi connectivity index (χ0) is 17.7. The van der Waals surface area contributed by atoms with Crippen LogP contribution in [0, 0.1) is 6.92 Å². The number of rotatable bonds is 6. The van der Waals surface area contributed by atoms with Gasteiger partial charge < -0.3 is 5.11 Å². The number of aromatic hydroxyl groups is 1. The van der Waals surface area contributed by atoms with E-state index in [2.05, 4.69) is 0 Å². The molecule has 0 aliphatic heterocycles. The van der Waals surface area contributed by atoms with E-state index in [0.717, 1.165) is 23.1 Å². The minimum atomic E-state index is -0.0965. The number of ketones is 1. The third kappa shape index (κ3) is 3.99. The fourth-order valence-corrected chi connectivity index (χ4v) is 2.47. The first-order valence-electron chi connectivity index (χ1n) is 8.07. The molecule has 0 aliphatic carbocycles. The van der Waals surface area contributed by atoms with Crippen LogP contribution >= 0.6 is 0 Å². The SMILES string of the molecule is CCC(C)c1cc(/C=C/C(=O)c2ccc(C)cc2)cc(C=O)c1O. The van der Waals surface area contributed by atoms with E-state index in [1.54, 1.807) is 24.3 Å². The lowest BCUT2D eigenvalue weighted by Crippen LogP contribution is -1.97. The molecule has 0 aromatic heterocycles. The minimum absolute atomic E-state index is 0.0290. The average Bonchev–Trinajstić information content (AvgIpc) is 2.60. The lowest BCUT2D eigenvalue weighted by molar-refractivity contribution is 0.104. The number of allylic oxidation sites excluding steroid dienone is 1. The van der Waals surface area contributed by atoms with E-state index in [1.165, 1.54) is 6.08 Å². The quantitative estimate of drug-likeness (QED) is 0.466. The summed E-state index contributed by atoms with van der Waals surface area (Å²) in [6.45, 7) is 5.99. The summed E-state index contributed by atoms with van der Waals surface area (Å²) in [7, 11) is 0. The van der Waals surface area contributed by atoms with Crippen molar-refractivity contribution in [3.8, 4) is 5.75 Å². The van der Waals surface area contributed by atoms with Gasteiger partial charge >= 0.3 is 0 Å². The second-order valence-electron chi connectivity index (χ2n) is 6.04. The molecule has 0 amide bonds. The zero-order valence-corrected chi connectivity index (χ0v) is 14.2. The Labute approximate surface area is 142 Å². The number of carbonyl (C=O) groups is 2. The number of hydrogen-bond acceptors (Lipinski definition) is 3. The van der Waals surface area contributed by atoms with E-state index in [-0.39, 0.29) is 23.0 Å². The molecule has 0 saturated heterocycles. The van der Waals surface area contributed by atoms with Gasteiger partial charge in [-0.1, -0.05) is 49.8 Å². The molecule has 0 radical (unpaired) electrons. The molecule has 124 valence electrons. The molecule has 1 atom stereocenters. The van der Waals surface area contributed by atoms with E-state index >= 15 is 0 Å². The van der Waals surface area contributed by atoms with E-state index < -0.39 is 0 Å². The van der Waals surface area contributed by atoms with E-state index in [4.69, 9.17) is 0 Å². The summed E-state index contributed by atoms with van der Waals surface area (Å²) in [5.41, 5.74) is 3.42. The first-order chi connectivity index (χ1) is 11.5. The zero-order valence-electron chi connectivity index (χ0n) is 14.2. The molecule has 3 heteroatoms. The van der Waals surface area contributed by atoms with Crippen LogP contribution in [0.3, 0.4) is 0 Å². The number of phenolic OH excluding ortho intramolecular Hbond substituents is 1. The van der Waals surface area contributed by atoms with Crippen LogP contribution in [0.1, 0.15) is 63.6 Å². The highest BCUT2D eigenvalue weighted by atomic mass is 16.3. The van der Waals surface area contributed by atoms with Gasteiger partial charge in [-0.05, 0) is 48.6 Å². The van der Waals surface area contributed by atoms with Crippen LogP contribution in [0.4, 0.5) is 0 Å². The number of carbonyl (C=O) groups excluding carboxylic acids is 2. The third-order valence-electron chi connectivity index (χ3n) is 4.22. The van der Waals surface area contributed by atoms with Crippen molar-refractivity contribution in [2.45, 2.75) is 33.1 Å². The monoisotopic (exact) mass is 322 g/mol. The Balaban J connectivity index is 2.33. The predicted octanol–water partition coefficient (Wildman–Crippen LogP) is 4.92. The largest absolute Gasteiger partial charge is 0.507 e. The molecule has 0 aliphatic rings. The predicted molar refractivity (Wildman–Crippen MR) is 96.7 cm³/mol. The molecule has 2 rings (SSSR count). The van der Waals surface area contributed by atoms with Gasteiger partial charge in [0, 0.05) is 5.56 Å². The lowest BCUT2D eigenvalue weighted by Gasteiger charge is -2.13. The van der Waals surface area contributed by atoms with Gasteiger partial charge in [0.2, 0.25) is 0 Å². The van der Waals surface area contributed by atoms with E-state index in [9.17, 15) is 14.7 Å². The number of benzene rings is 2. The highest BCUT2D eigenvalue weighted by Gasteiger charge is 2.13. The summed E-state index contributed by atoms with van der Waals surface area (Å²) in [6, 6.07) is 10.8. The fraction of sp³-hybridized carbons (Fsp3) is 0.238. The Hall–Kier alpha value is -2.68. The maximum atomic E-state index is 12.2. The van der Waals surface area contributed by atoms with Crippen molar-refractivity contribution in [3.63, 3.8) is 0 Å². The van der Waals surface area contributed by atoms with Crippen molar-refractivity contribution in [1.29, 1.82) is 0 Å². The molecule has 1 N–H and O–H groups in total. The van der Waals surface area contributed by atoms with Crippen LogP contribution in [0.15, 0.2) is 42.5 Å². The summed E-state index contributed by atoms with van der Waals surface area (Å²) in [5.74, 6) is 0.0621. The Morgan fingerprint density at radius 1 is 1.21 bits per heavy atom. The van der Waals surface area contributed by atoms with Crippen LogP contribution in [-0.4, -0.2) is 17.2 Å². The smallest absolute Gasteiger partial charge is 0.185 e. The Morgan fingerprint density at radius 2 is 1.88 bits per heavy atom. The Kier molecular flexibility index (Phi) is 5.69. The normalized spacial score (nSPS) is 12.3. The van der Waals surface area contributed by atoms with E-state index in [1.807, 2.05) is 39.0 Å². The van der Waals surface area contributed by atoms with Gasteiger partial charge in [-0.3, -0.25) is 9.59 Å². The summed E-state index contributed by atoms with van der Waals surface area (Å²) in [6.07, 6.45) is 4.66. The van der Waals surface area contributed by atoms with Crippen molar-refractivity contribution >= 4 is 18.1 Å². The maximum Gasteiger partial charge on any atom is 0.185 e. The highest BCUT2D eigenvalue weighted by Crippen LogP contribution is 2.32. The summed E-state index contributed by atoms with van der Waals surface area (Å²) in [4.78, 5) is 23.4. The fourth-order valence-electron chi connectivity index (χ4n) is 2.47. The Morgan fingerprint density at radius 3 is 2.46 bits per heavy atom. The Bertz CT molecular complexity index is 770. The number of phenols is 1. The van der Waals surface area contributed by atoms with Crippen molar-refractivity contribution in [1.82, 2.24) is 0 Å². The molecule has 24 heavy (non-hydrogen) atoms. The third-order valence-corrected chi connectivity index (χ3v) is 4.22. The van der Waals surface area contributed by atoms with Crippen LogP contribution in [0.25, 0.3) is 6.08 Å². The van der Waals surface area contributed by atoms with Crippen molar-refractivity contribution < 1.29 is 14.7 Å². The van der Waals surface area contributed by atoms with Crippen LogP contribution in [0.5, 0.6) is 5.75 Å². The number of aryl methyl sites for hydroxylation is 1. The molecular weight excluding hydrogens is 300 g/mol. The number of hydrogen-bond donors (Lipinski definition) is 1. The van der Waals surface area contributed by atoms with Gasteiger partial charge in [0.05, 0.1) is 5.56 Å². The van der Waals surface area contributed by atoms with Crippen LogP contribution in [-0.2, 0) is 0 Å². The molecule has 0 bridgehead atoms. The van der Waals surface area contributed by atoms with E-state index in [0.29, 0.717) is 11.8 Å². The highest BCUT2D eigenvalue weighted by molar-refractivity contribution is 6.06. The summed E-state index contributed by atoms with van der Waals surface area (Å²) >= 11 is 0. The van der Waals surface area contributed by atoms with Crippen molar-refractivity contribution in [3.05, 3.63) is 70.3 Å². The van der Waals surface area contributed by atoms with Crippen LogP contribution in [0.2, 0.25) is 0 Å². The van der Waals surface area contributed by atoms with Crippen molar-refractivity contribution in [2.24, 2.45) is 0 Å².